The highest BCUT2D eigenvalue weighted by molar-refractivity contribution is 6.35. The Morgan fingerprint density at radius 3 is 2.71 bits per heavy atom. The van der Waals surface area contributed by atoms with Crippen molar-refractivity contribution in [2.75, 3.05) is 13.6 Å². The molecule has 0 spiro atoms. The molecule has 1 aromatic carbocycles. The van der Waals surface area contributed by atoms with Crippen molar-refractivity contribution in [1.29, 1.82) is 0 Å². The van der Waals surface area contributed by atoms with Crippen LogP contribution in [-0.4, -0.2) is 13.6 Å². The molecule has 0 atom stereocenters. The second-order valence-corrected chi connectivity index (χ2v) is 3.91. The molecule has 0 radical (unpaired) electrons. The lowest BCUT2D eigenvalue weighted by atomic mass is 10.1. The molecule has 0 unspecified atom stereocenters. The van der Waals surface area contributed by atoms with Gasteiger partial charge in [0.1, 0.15) is 0 Å². The van der Waals surface area contributed by atoms with Crippen molar-refractivity contribution in [2.24, 2.45) is 0 Å². The lowest BCUT2D eigenvalue weighted by Gasteiger charge is -2.05. The van der Waals surface area contributed by atoms with Gasteiger partial charge in [-0.1, -0.05) is 35.3 Å². The maximum absolute atomic E-state index is 6.06. The van der Waals surface area contributed by atoms with E-state index < -0.39 is 0 Å². The molecule has 0 amide bonds. The Morgan fingerprint density at radius 1 is 1.43 bits per heavy atom. The first-order valence-electron chi connectivity index (χ1n) is 4.42. The lowest BCUT2D eigenvalue weighted by molar-refractivity contribution is 0.920. The molecule has 0 saturated carbocycles. The normalized spacial score (nSPS) is 11.9. The van der Waals surface area contributed by atoms with E-state index in [1.54, 1.807) is 6.07 Å². The summed E-state index contributed by atoms with van der Waals surface area (Å²) in [5.41, 5.74) is 2.19. The first kappa shape index (κ1) is 11.6. The van der Waals surface area contributed by atoms with Gasteiger partial charge in [-0.15, -0.1) is 0 Å². The monoisotopic (exact) mass is 229 g/mol. The summed E-state index contributed by atoms with van der Waals surface area (Å²) in [7, 11) is 1.91. The number of allylic oxidation sites excluding steroid dienone is 1. The molecule has 0 aliphatic carbocycles. The molecule has 0 saturated heterocycles. The van der Waals surface area contributed by atoms with Gasteiger partial charge >= 0.3 is 0 Å². The molecule has 1 aromatic rings. The summed E-state index contributed by atoms with van der Waals surface area (Å²) in [5, 5.41) is 4.42. The van der Waals surface area contributed by atoms with Crippen molar-refractivity contribution < 1.29 is 0 Å². The van der Waals surface area contributed by atoms with Crippen LogP contribution in [0.2, 0.25) is 10.0 Å². The van der Waals surface area contributed by atoms with Crippen molar-refractivity contribution in [3.63, 3.8) is 0 Å². The SMILES string of the molecule is CNC/C=C(/C)c1ccc(Cl)cc1Cl. The molecule has 14 heavy (non-hydrogen) atoms. The van der Waals surface area contributed by atoms with Crippen LogP contribution in [-0.2, 0) is 0 Å². The first-order valence-corrected chi connectivity index (χ1v) is 5.17. The largest absolute Gasteiger partial charge is 0.316 e. The van der Waals surface area contributed by atoms with E-state index in [9.17, 15) is 0 Å². The van der Waals surface area contributed by atoms with Crippen molar-refractivity contribution in [1.82, 2.24) is 5.32 Å². The fraction of sp³-hybridized carbons (Fsp3) is 0.273. The van der Waals surface area contributed by atoms with Gasteiger partial charge in [-0.05, 0) is 37.2 Å². The highest BCUT2D eigenvalue weighted by Gasteiger charge is 2.02. The minimum Gasteiger partial charge on any atom is -0.316 e. The molecular weight excluding hydrogens is 217 g/mol. The van der Waals surface area contributed by atoms with E-state index >= 15 is 0 Å². The first-order chi connectivity index (χ1) is 6.65. The summed E-state index contributed by atoms with van der Waals surface area (Å²) < 4.78 is 0. The lowest BCUT2D eigenvalue weighted by Crippen LogP contribution is -2.04. The average molecular weight is 230 g/mol. The number of nitrogens with one attached hydrogen (secondary N) is 1. The van der Waals surface area contributed by atoms with Gasteiger partial charge in [0.15, 0.2) is 0 Å². The smallest absolute Gasteiger partial charge is 0.0495 e. The quantitative estimate of drug-likeness (QED) is 0.836. The molecule has 1 N–H and O–H groups in total. The molecule has 76 valence electrons. The summed E-state index contributed by atoms with van der Waals surface area (Å²) in [6.07, 6.45) is 2.09. The standard InChI is InChI=1S/C11H13Cl2N/c1-8(5-6-14-2)10-4-3-9(12)7-11(10)13/h3-5,7,14H,6H2,1-2H3/b8-5-. The average Bonchev–Trinajstić information content (AvgIpc) is 2.14. The van der Waals surface area contributed by atoms with Crippen molar-refractivity contribution in [3.05, 3.63) is 39.9 Å². The third kappa shape index (κ3) is 3.02. The van der Waals surface area contributed by atoms with Gasteiger partial charge < -0.3 is 5.32 Å². The van der Waals surface area contributed by atoms with Crippen LogP contribution in [0, 0.1) is 0 Å². The third-order valence-corrected chi connectivity index (χ3v) is 2.52. The minimum atomic E-state index is 0.667. The molecule has 0 heterocycles. The Labute approximate surface area is 94.7 Å². The molecule has 3 heteroatoms. The van der Waals surface area contributed by atoms with Crippen LogP contribution in [0.3, 0.4) is 0 Å². The predicted octanol–water partition coefficient (Wildman–Crippen LogP) is 3.62. The van der Waals surface area contributed by atoms with E-state index in [0.717, 1.165) is 17.7 Å². The summed E-state index contributed by atoms with van der Waals surface area (Å²) in [5.74, 6) is 0. The predicted molar refractivity (Wildman–Crippen MR) is 64.0 cm³/mol. The van der Waals surface area contributed by atoms with Crippen LogP contribution in [0.25, 0.3) is 5.57 Å². The number of likely N-dealkylation sites (N-methyl/N-ethyl adjacent to an activating group) is 1. The van der Waals surface area contributed by atoms with Gasteiger partial charge in [0, 0.05) is 16.6 Å². The highest BCUT2D eigenvalue weighted by atomic mass is 35.5. The van der Waals surface area contributed by atoms with E-state index in [1.807, 2.05) is 26.1 Å². The zero-order valence-electron chi connectivity index (χ0n) is 8.27. The second-order valence-electron chi connectivity index (χ2n) is 3.07. The molecule has 0 bridgehead atoms. The van der Waals surface area contributed by atoms with Gasteiger partial charge in [-0.2, -0.15) is 0 Å². The summed E-state index contributed by atoms with van der Waals surface area (Å²) in [6, 6.07) is 5.54. The molecule has 0 aliphatic heterocycles. The summed E-state index contributed by atoms with van der Waals surface area (Å²) in [4.78, 5) is 0. The van der Waals surface area contributed by atoms with E-state index in [4.69, 9.17) is 23.2 Å². The molecule has 1 rings (SSSR count). The number of benzene rings is 1. The maximum atomic E-state index is 6.06. The molecular formula is C11H13Cl2N. The number of hydrogen-bond donors (Lipinski definition) is 1. The Bertz CT molecular complexity index is 345. The van der Waals surface area contributed by atoms with Gasteiger partial charge in [0.05, 0.1) is 0 Å². The fourth-order valence-electron chi connectivity index (χ4n) is 1.17. The minimum absolute atomic E-state index is 0.667. The van der Waals surface area contributed by atoms with Crippen LogP contribution in [0.5, 0.6) is 0 Å². The molecule has 0 aromatic heterocycles. The zero-order chi connectivity index (χ0) is 10.6. The van der Waals surface area contributed by atoms with Gasteiger partial charge in [0.25, 0.3) is 0 Å². The van der Waals surface area contributed by atoms with Crippen LogP contribution in [0.4, 0.5) is 0 Å². The van der Waals surface area contributed by atoms with Crippen LogP contribution in [0.15, 0.2) is 24.3 Å². The van der Waals surface area contributed by atoms with Crippen molar-refractivity contribution in [3.8, 4) is 0 Å². The third-order valence-electron chi connectivity index (χ3n) is 1.97. The number of rotatable bonds is 3. The van der Waals surface area contributed by atoms with Crippen molar-refractivity contribution >= 4 is 28.8 Å². The Hall–Kier alpha value is -0.500. The Balaban J connectivity index is 2.95. The topological polar surface area (TPSA) is 12.0 Å². The van der Waals surface area contributed by atoms with Crippen LogP contribution >= 0.6 is 23.2 Å². The van der Waals surface area contributed by atoms with E-state index in [0.29, 0.717) is 10.0 Å². The highest BCUT2D eigenvalue weighted by Crippen LogP contribution is 2.26. The Kier molecular flexibility index (Phi) is 4.46. The van der Waals surface area contributed by atoms with Gasteiger partial charge in [0.2, 0.25) is 0 Å². The molecule has 1 nitrogen and oxygen atoms in total. The number of hydrogen-bond acceptors (Lipinski definition) is 1. The fourth-order valence-corrected chi connectivity index (χ4v) is 1.73. The van der Waals surface area contributed by atoms with Gasteiger partial charge in [-0.3, -0.25) is 0 Å². The zero-order valence-corrected chi connectivity index (χ0v) is 9.78. The maximum Gasteiger partial charge on any atom is 0.0495 e. The Morgan fingerprint density at radius 2 is 2.14 bits per heavy atom. The molecule has 0 fully saturated rings. The van der Waals surface area contributed by atoms with Crippen LogP contribution < -0.4 is 5.32 Å². The van der Waals surface area contributed by atoms with Crippen molar-refractivity contribution in [2.45, 2.75) is 6.92 Å². The van der Waals surface area contributed by atoms with Gasteiger partial charge in [-0.25, -0.2) is 0 Å². The van der Waals surface area contributed by atoms with E-state index in [2.05, 4.69) is 11.4 Å². The van der Waals surface area contributed by atoms with Crippen LogP contribution in [0.1, 0.15) is 12.5 Å². The van der Waals surface area contributed by atoms with E-state index in [-0.39, 0.29) is 0 Å². The van der Waals surface area contributed by atoms with E-state index in [1.165, 1.54) is 0 Å². The summed E-state index contributed by atoms with van der Waals surface area (Å²) in [6.45, 7) is 2.87. The number of halogens is 2. The second kappa shape index (κ2) is 5.40. The summed E-state index contributed by atoms with van der Waals surface area (Å²) >= 11 is 11.9. The molecule has 0 aliphatic rings.